The van der Waals surface area contributed by atoms with Crippen LogP contribution in [0.15, 0.2) is 47.4 Å². The van der Waals surface area contributed by atoms with Gasteiger partial charge < -0.3 is 4.98 Å². The van der Waals surface area contributed by atoms with E-state index in [0.29, 0.717) is 17.2 Å². The molecule has 0 amide bonds. The minimum Gasteiger partial charge on any atom is -0.354 e. The quantitative estimate of drug-likeness (QED) is 0.680. The standard InChI is InChI=1S/C18H15F3N2O3S/c1-23(2)27(25,26)13-6-7-16-14(9-13)15(10-24)17(22-16)11-4-3-5-12(8-11)18(19,20)21/h3-10,22H,1-2H3. The summed E-state index contributed by atoms with van der Waals surface area (Å²) in [5.74, 6) is 0. The normalized spacial score (nSPS) is 12.7. The maximum Gasteiger partial charge on any atom is 0.416 e. The second-order valence-corrected chi connectivity index (χ2v) is 8.26. The lowest BCUT2D eigenvalue weighted by molar-refractivity contribution is -0.137. The van der Waals surface area contributed by atoms with Crippen LogP contribution in [0.2, 0.25) is 0 Å². The number of nitrogens with one attached hydrogen (secondary N) is 1. The molecule has 0 saturated heterocycles. The summed E-state index contributed by atoms with van der Waals surface area (Å²) in [5.41, 5.74) is 0.0828. The van der Waals surface area contributed by atoms with E-state index in [9.17, 15) is 26.4 Å². The number of benzene rings is 2. The van der Waals surface area contributed by atoms with Crippen molar-refractivity contribution >= 4 is 27.2 Å². The molecule has 0 bridgehead atoms. The monoisotopic (exact) mass is 396 g/mol. The van der Waals surface area contributed by atoms with Gasteiger partial charge in [0.05, 0.1) is 16.2 Å². The van der Waals surface area contributed by atoms with Crippen molar-refractivity contribution in [1.29, 1.82) is 0 Å². The molecule has 0 atom stereocenters. The Morgan fingerprint density at radius 1 is 1.07 bits per heavy atom. The fourth-order valence-electron chi connectivity index (χ4n) is 2.76. The SMILES string of the molecule is CN(C)S(=O)(=O)c1ccc2[nH]c(-c3cccc(C(F)(F)F)c3)c(C=O)c2c1. The Bertz CT molecular complexity index is 1130. The number of aromatic amines is 1. The Kier molecular flexibility index (Phi) is 4.61. The average molecular weight is 396 g/mol. The summed E-state index contributed by atoms with van der Waals surface area (Å²) < 4.78 is 64.6. The summed E-state index contributed by atoms with van der Waals surface area (Å²) in [4.78, 5) is 14.5. The van der Waals surface area contributed by atoms with E-state index in [2.05, 4.69) is 4.98 Å². The van der Waals surface area contributed by atoms with Gasteiger partial charge in [0.1, 0.15) is 0 Å². The number of aldehydes is 1. The molecule has 0 fully saturated rings. The third-order valence-electron chi connectivity index (χ3n) is 4.19. The maximum atomic E-state index is 13.0. The van der Waals surface area contributed by atoms with Gasteiger partial charge >= 0.3 is 6.18 Å². The van der Waals surface area contributed by atoms with Crippen LogP contribution in [0.4, 0.5) is 13.2 Å². The molecule has 1 heterocycles. The van der Waals surface area contributed by atoms with E-state index in [-0.39, 0.29) is 21.7 Å². The van der Waals surface area contributed by atoms with Gasteiger partial charge in [0.25, 0.3) is 0 Å². The van der Waals surface area contributed by atoms with Gasteiger partial charge in [-0.15, -0.1) is 0 Å². The summed E-state index contributed by atoms with van der Waals surface area (Å²) >= 11 is 0. The fraction of sp³-hybridized carbons (Fsp3) is 0.167. The lowest BCUT2D eigenvalue weighted by atomic mass is 10.0. The van der Waals surface area contributed by atoms with E-state index in [1.54, 1.807) is 0 Å². The number of halogens is 3. The van der Waals surface area contributed by atoms with Crippen molar-refractivity contribution in [2.45, 2.75) is 11.1 Å². The van der Waals surface area contributed by atoms with Gasteiger partial charge in [0, 0.05) is 30.6 Å². The molecule has 0 saturated carbocycles. The van der Waals surface area contributed by atoms with E-state index in [0.717, 1.165) is 16.4 Å². The van der Waals surface area contributed by atoms with Gasteiger partial charge in [-0.25, -0.2) is 12.7 Å². The maximum absolute atomic E-state index is 13.0. The molecular formula is C18H15F3N2O3S. The number of carbonyl (C=O) groups is 1. The molecule has 1 aromatic heterocycles. The molecule has 1 N–H and O–H groups in total. The highest BCUT2D eigenvalue weighted by Crippen LogP contribution is 2.35. The van der Waals surface area contributed by atoms with E-state index in [1.807, 2.05) is 0 Å². The van der Waals surface area contributed by atoms with Crippen molar-refractivity contribution in [1.82, 2.24) is 9.29 Å². The Morgan fingerprint density at radius 3 is 2.37 bits per heavy atom. The zero-order valence-corrected chi connectivity index (χ0v) is 15.1. The summed E-state index contributed by atoms with van der Waals surface area (Å²) in [6.45, 7) is 0. The minimum absolute atomic E-state index is 0.0160. The molecule has 5 nitrogen and oxygen atoms in total. The third kappa shape index (κ3) is 3.35. The molecule has 142 valence electrons. The van der Waals surface area contributed by atoms with Gasteiger partial charge in [-0.3, -0.25) is 4.79 Å². The van der Waals surface area contributed by atoms with E-state index < -0.39 is 21.8 Å². The molecule has 2 aromatic carbocycles. The number of sulfonamides is 1. The zero-order chi connectivity index (χ0) is 20.0. The van der Waals surface area contributed by atoms with E-state index >= 15 is 0 Å². The smallest absolute Gasteiger partial charge is 0.354 e. The summed E-state index contributed by atoms with van der Waals surface area (Å²) in [7, 11) is -0.959. The van der Waals surface area contributed by atoms with Crippen LogP contribution in [0, 0.1) is 0 Å². The highest BCUT2D eigenvalue weighted by atomic mass is 32.2. The molecule has 0 aliphatic carbocycles. The number of aromatic nitrogens is 1. The van der Waals surface area contributed by atoms with Crippen LogP contribution in [-0.2, 0) is 16.2 Å². The number of fused-ring (bicyclic) bond motifs is 1. The van der Waals surface area contributed by atoms with Gasteiger partial charge in [-0.05, 0) is 35.9 Å². The van der Waals surface area contributed by atoms with Crippen LogP contribution in [0.5, 0.6) is 0 Å². The minimum atomic E-state index is -4.52. The Balaban J connectivity index is 2.23. The van der Waals surface area contributed by atoms with Crippen LogP contribution < -0.4 is 0 Å². The van der Waals surface area contributed by atoms with Gasteiger partial charge in [0.2, 0.25) is 10.0 Å². The Morgan fingerprint density at radius 2 is 1.78 bits per heavy atom. The molecule has 9 heteroatoms. The number of rotatable bonds is 4. The van der Waals surface area contributed by atoms with Crippen molar-refractivity contribution in [2.75, 3.05) is 14.1 Å². The van der Waals surface area contributed by atoms with E-state index in [1.165, 1.54) is 44.4 Å². The lowest BCUT2D eigenvalue weighted by Crippen LogP contribution is -2.22. The Hall–Kier alpha value is -2.65. The van der Waals surface area contributed by atoms with Crippen LogP contribution in [0.1, 0.15) is 15.9 Å². The van der Waals surface area contributed by atoms with Crippen molar-refractivity contribution in [2.24, 2.45) is 0 Å². The third-order valence-corrected chi connectivity index (χ3v) is 6.00. The van der Waals surface area contributed by atoms with Gasteiger partial charge in [-0.1, -0.05) is 12.1 Å². The first-order valence-corrected chi connectivity index (χ1v) is 9.21. The molecular weight excluding hydrogens is 381 g/mol. The predicted molar refractivity (Wildman–Crippen MR) is 95.0 cm³/mol. The molecule has 0 radical (unpaired) electrons. The number of H-pyrrole nitrogens is 1. The van der Waals surface area contributed by atoms with Gasteiger partial charge in [-0.2, -0.15) is 13.2 Å². The largest absolute Gasteiger partial charge is 0.416 e. The molecule has 3 rings (SSSR count). The first-order chi connectivity index (χ1) is 12.6. The lowest BCUT2D eigenvalue weighted by Gasteiger charge is -2.11. The molecule has 0 spiro atoms. The fourth-order valence-corrected chi connectivity index (χ4v) is 3.69. The topological polar surface area (TPSA) is 70.2 Å². The number of nitrogens with zero attached hydrogens (tertiary/aromatic N) is 1. The van der Waals surface area contributed by atoms with Crippen molar-refractivity contribution < 1.29 is 26.4 Å². The number of carbonyl (C=O) groups excluding carboxylic acids is 1. The van der Waals surface area contributed by atoms with Crippen molar-refractivity contribution in [3.63, 3.8) is 0 Å². The molecule has 27 heavy (non-hydrogen) atoms. The second-order valence-electron chi connectivity index (χ2n) is 6.10. The predicted octanol–water partition coefficient (Wildman–Crippen LogP) is 3.92. The summed E-state index contributed by atoms with van der Waals surface area (Å²) in [5, 5.41) is 0.320. The molecule has 0 unspecified atom stereocenters. The van der Waals surface area contributed by atoms with Crippen LogP contribution in [0.25, 0.3) is 22.2 Å². The average Bonchev–Trinajstić information content (AvgIpc) is 2.98. The molecule has 0 aliphatic heterocycles. The second kappa shape index (κ2) is 6.50. The number of alkyl halides is 3. The zero-order valence-electron chi connectivity index (χ0n) is 14.3. The molecule has 3 aromatic rings. The summed E-state index contributed by atoms with van der Waals surface area (Å²) in [6, 6.07) is 8.77. The van der Waals surface area contributed by atoms with Crippen molar-refractivity contribution in [3.05, 3.63) is 53.6 Å². The number of hydrogen-bond acceptors (Lipinski definition) is 3. The highest BCUT2D eigenvalue weighted by Gasteiger charge is 2.31. The van der Waals surface area contributed by atoms with Crippen LogP contribution in [0.3, 0.4) is 0 Å². The first kappa shape index (κ1) is 19.1. The van der Waals surface area contributed by atoms with Crippen LogP contribution >= 0.6 is 0 Å². The summed E-state index contributed by atoms with van der Waals surface area (Å²) in [6.07, 6.45) is -4.02. The van der Waals surface area contributed by atoms with Crippen LogP contribution in [-0.4, -0.2) is 38.1 Å². The highest BCUT2D eigenvalue weighted by molar-refractivity contribution is 7.89. The Labute approximate surface area is 153 Å². The van der Waals surface area contributed by atoms with E-state index in [4.69, 9.17) is 0 Å². The van der Waals surface area contributed by atoms with Gasteiger partial charge in [0.15, 0.2) is 6.29 Å². The first-order valence-electron chi connectivity index (χ1n) is 7.77. The van der Waals surface area contributed by atoms with Crippen molar-refractivity contribution in [3.8, 4) is 11.3 Å². The molecule has 0 aliphatic rings. The number of hydrogen-bond donors (Lipinski definition) is 1.